The van der Waals surface area contributed by atoms with Crippen LogP contribution in [-0.4, -0.2) is 11.7 Å². The lowest BCUT2D eigenvalue weighted by molar-refractivity contribution is 0.0449. The number of hydrogen-bond donors (Lipinski definition) is 1. The van der Waals surface area contributed by atoms with Crippen molar-refractivity contribution in [2.24, 2.45) is 5.41 Å². The molecule has 1 aromatic heterocycles. The van der Waals surface area contributed by atoms with Crippen LogP contribution in [0.25, 0.3) is 0 Å². The molecular weight excluding hydrogens is 278 g/mol. The minimum atomic E-state index is -0.522. The SMILES string of the molecule is CC(C)(C)OC(=O)N[C@@H](c1ccc(C(C)(C)C)o1)C(C)(C)C. The molecule has 1 heterocycles. The van der Waals surface area contributed by atoms with Crippen molar-refractivity contribution in [3.63, 3.8) is 0 Å². The van der Waals surface area contributed by atoms with Crippen LogP contribution in [0.3, 0.4) is 0 Å². The summed E-state index contributed by atoms with van der Waals surface area (Å²) in [6, 6.07) is 3.66. The molecule has 1 aromatic rings. The molecule has 0 aliphatic rings. The number of hydrogen-bond acceptors (Lipinski definition) is 3. The fourth-order valence-electron chi connectivity index (χ4n) is 2.05. The fourth-order valence-corrected chi connectivity index (χ4v) is 2.05. The predicted molar refractivity (Wildman–Crippen MR) is 89.0 cm³/mol. The monoisotopic (exact) mass is 309 g/mol. The molecule has 1 atom stereocenters. The molecule has 0 aliphatic heterocycles. The predicted octanol–water partition coefficient (Wildman–Crippen LogP) is 5.19. The third-order valence-electron chi connectivity index (χ3n) is 3.18. The van der Waals surface area contributed by atoms with E-state index in [0.717, 1.165) is 11.5 Å². The highest BCUT2D eigenvalue weighted by Gasteiger charge is 2.33. The van der Waals surface area contributed by atoms with Gasteiger partial charge in [0.1, 0.15) is 17.1 Å². The van der Waals surface area contributed by atoms with Crippen LogP contribution < -0.4 is 5.32 Å². The second-order valence-corrected chi connectivity index (χ2v) is 8.90. The molecule has 4 heteroatoms. The summed E-state index contributed by atoms with van der Waals surface area (Å²) in [4.78, 5) is 12.1. The van der Waals surface area contributed by atoms with Crippen molar-refractivity contribution >= 4 is 6.09 Å². The van der Waals surface area contributed by atoms with Gasteiger partial charge in [0, 0.05) is 5.41 Å². The first-order valence-electron chi connectivity index (χ1n) is 7.80. The molecule has 0 spiro atoms. The smallest absolute Gasteiger partial charge is 0.408 e. The van der Waals surface area contributed by atoms with E-state index in [1.54, 1.807) is 0 Å². The van der Waals surface area contributed by atoms with Crippen molar-refractivity contribution in [1.82, 2.24) is 5.32 Å². The van der Waals surface area contributed by atoms with E-state index in [2.05, 4.69) is 46.9 Å². The normalized spacial score (nSPS) is 14.6. The van der Waals surface area contributed by atoms with E-state index >= 15 is 0 Å². The van der Waals surface area contributed by atoms with E-state index in [4.69, 9.17) is 9.15 Å². The van der Waals surface area contributed by atoms with Crippen LogP contribution in [0.5, 0.6) is 0 Å². The number of alkyl carbamates (subject to hydrolysis) is 1. The van der Waals surface area contributed by atoms with Crippen LogP contribution in [-0.2, 0) is 10.2 Å². The van der Waals surface area contributed by atoms with Crippen molar-refractivity contribution in [2.45, 2.75) is 79.4 Å². The molecule has 0 aromatic carbocycles. The highest BCUT2D eigenvalue weighted by Crippen LogP contribution is 2.36. The summed E-state index contributed by atoms with van der Waals surface area (Å²) in [6.07, 6.45) is -0.430. The van der Waals surface area contributed by atoms with E-state index in [9.17, 15) is 4.79 Å². The Kier molecular flexibility index (Phi) is 5.05. The molecular formula is C18H31NO3. The molecule has 22 heavy (non-hydrogen) atoms. The summed E-state index contributed by atoms with van der Waals surface area (Å²) in [6.45, 7) is 18.0. The summed E-state index contributed by atoms with van der Waals surface area (Å²) >= 11 is 0. The number of carbonyl (C=O) groups is 1. The zero-order valence-corrected chi connectivity index (χ0v) is 15.5. The second kappa shape index (κ2) is 5.98. The van der Waals surface area contributed by atoms with E-state index in [1.807, 2.05) is 32.9 Å². The Labute approximate surface area is 134 Å². The first kappa shape index (κ1) is 18.6. The van der Waals surface area contributed by atoms with Crippen molar-refractivity contribution in [3.8, 4) is 0 Å². The number of nitrogens with one attached hydrogen (secondary N) is 1. The van der Waals surface area contributed by atoms with Crippen molar-refractivity contribution in [2.75, 3.05) is 0 Å². The largest absolute Gasteiger partial charge is 0.463 e. The molecule has 126 valence electrons. The average Bonchev–Trinajstić information content (AvgIpc) is 2.69. The maximum Gasteiger partial charge on any atom is 0.408 e. The Balaban J connectivity index is 3.00. The number of rotatable bonds is 2. The van der Waals surface area contributed by atoms with Gasteiger partial charge < -0.3 is 14.5 Å². The first-order chi connectivity index (χ1) is 9.70. The van der Waals surface area contributed by atoms with Gasteiger partial charge in [-0.05, 0) is 38.3 Å². The van der Waals surface area contributed by atoms with E-state index in [0.29, 0.717) is 0 Å². The summed E-state index contributed by atoms with van der Waals surface area (Å²) in [5, 5.41) is 2.94. The van der Waals surface area contributed by atoms with Crippen molar-refractivity contribution < 1.29 is 13.9 Å². The Morgan fingerprint density at radius 1 is 1.05 bits per heavy atom. The number of furan rings is 1. The minimum Gasteiger partial charge on any atom is -0.463 e. The van der Waals surface area contributed by atoms with Crippen LogP contribution in [0.1, 0.15) is 79.9 Å². The molecule has 0 saturated heterocycles. The molecule has 1 rings (SSSR count). The summed E-state index contributed by atoms with van der Waals surface area (Å²) in [5.74, 6) is 1.66. The van der Waals surface area contributed by atoms with E-state index in [1.165, 1.54) is 0 Å². The number of carbonyl (C=O) groups excluding carboxylic acids is 1. The van der Waals surface area contributed by atoms with Crippen molar-refractivity contribution in [1.29, 1.82) is 0 Å². The van der Waals surface area contributed by atoms with Gasteiger partial charge in [-0.25, -0.2) is 4.79 Å². The molecule has 0 bridgehead atoms. The van der Waals surface area contributed by atoms with Crippen LogP contribution in [0.2, 0.25) is 0 Å². The van der Waals surface area contributed by atoms with Crippen LogP contribution in [0, 0.1) is 5.41 Å². The Morgan fingerprint density at radius 2 is 1.59 bits per heavy atom. The topological polar surface area (TPSA) is 51.5 Å². The van der Waals surface area contributed by atoms with Gasteiger partial charge in [-0.1, -0.05) is 41.5 Å². The van der Waals surface area contributed by atoms with E-state index < -0.39 is 11.7 Å². The Morgan fingerprint density at radius 3 is 1.95 bits per heavy atom. The zero-order chi connectivity index (χ0) is 17.3. The lowest BCUT2D eigenvalue weighted by atomic mass is 9.85. The molecule has 1 N–H and O–H groups in total. The maximum atomic E-state index is 12.1. The van der Waals surface area contributed by atoms with Crippen LogP contribution in [0.4, 0.5) is 4.79 Å². The van der Waals surface area contributed by atoms with E-state index in [-0.39, 0.29) is 16.9 Å². The molecule has 4 nitrogen and oxygen atoms in total. The standard InChI is InChI=1S/C18H31NO3/c1-16(2,3)13-11-10-12(21-13)14(17(4,5)6)19-15(20)22-18(7,8)9/h10-11,14H,1-9H3,(H,19,20)/t14-/m0/s1. The summed E-state index contributed by atoms with van der Waals surface area (Å²) in [7, 11) is 0. The average molecular weight is 309 g/mol. The summed E-state index contributed by atoms with van der Waals surface area (Å²) in [5.41, 5.74) is -0.775. The van der Waals surface area contributed by atoms with Gasteiger partial charge in [0.2, 0.25) is 0 Å². The van der Waals surface area contributed by atoms with Crippen molar-refractivity contribution in [3.05, 3.63) is 23.7 Å². The molecule has 0 radical (unpaired) electrons. The van der Waals surface area contributed by atoms with Gasteiger partial charge >= 0.3 is 6.09 Å². The molecule has 0 saturated carbocycles. The van der Waals surface area contributed by atoms with Gasteiger partial charge in [-0.15, -0.1) is 0 Å². The fraction of sp³-hybridized carbons (Fsp3) is 0.722. The Bertz CT molecular complexity index is 510. The molecule has 1 amide bonds. The first-order valence-corrected chi connectivity index (χ1v) is 7.80. The highest BCUT2D eigenvalue weighted by molar-refractivity contribution is 5.68. The molecule has 0 fully saturated rings. The van der Waals surface area contributed by atoms with Gasteiger partial charge in [0.25, 0.3) is 0 Å². The van der Waals surface area contributed by atoms with Gasteiger partial charge in [-0.2, -0.15) is 0 Å². The highest BCUT2D eigenvalue weighted by atomic mass is 16.6. The second-order valence-electron chi connectivity index (χ2n) is 8.90. The van der Waals surface area contributed by atoms with Crippen LogP contribution in [0.15, 0.2) is 16.5 Å². The Hall–Kier alpha value is -1.45. The van der Waals surface area contributed by atoms with Crippen LogP contribution >= 0.6 is 0 Å². The molecule has 0 unspecified atom stereocenters. The minimum absolute atomic E-state index is 0.0629. The van der Waals surface area contributed by atoms with Gasteiger partial charge in [0.15, 0.2) is 0 Å². The third-order valence-corrected chi connectivity index (χ3v) is 3.18. The quantitative estimate of drug-likeness (QED) is 0.818. The third kappa shape index (κ3) is 5.39. The van der Waals surface area contributed by atoms with Gasteiger partial charge in [-0.3, -0.25) is 0 Å². The molecule has 0 aliphatic carbocycles. The lowest BCUT2D eigenvalue weighted by Crippen LogP contribution is -2.39. The number of amides is 1. The number of ether oxygens (including phenoxy) is 1. The lowest BCUT2D eigenvalue weighted by Gasteiger charge is -2.31. The maximum absolute atomic E-state index is 12.1. The van der Waals surface area contributed by atoms with Gasteiger partial charge in [0.05, 0.1) is 6.04 Å². The zero-order valence-electron chi connectivity index (χ0n) is 15.5. The summed E-state index contributed by atoms with van der Waals surface area (Å²) < 4.78 is 11.4.